The van der Waals surface area contributed by atoms with Crippen molar-refractivity contribution >= 4 is 21.9 Å². The molecule has 0 saturated heterocycles. The minimum Gasteiger partial charge on any atom is -0.489 e. The van der Waals surface area contributed by atoms with Gasteiger partial charge in [0, 0.05) is 5.41 Å². The molecule has 1 aromatic carbocycles. The van der Waals surface area contributed by atoms with Crippen molar-refractivity contribution < 1.29 is 19.4 Å². The zero-order valence-corrected chi connectivity index (χ0v) is 11.3. The van der Waals surface area contributed by atoms with E-state index in [-0.39, 0.29) is 11.8 Å². The SMILES string of the molecule is O=C(O)Cc1cc(Br)c2c(c1)OCC1(CC1)CO2. The van der Waals surface area contributed by atoms with Gasteiger partial charge in [0.2, 0.25) is 0 Å². The molecule has 0 amide bonds. The third kappa shape index (κ3) is 2.19. The van der Waals surface area contributed by atoms with Gasteiger partial charge in [-0.2, -0.15) is 0 Å². The number of fused-ring (bicyclic) bond motifs is 1. The third-order valence-electron chi connectivity index (χ3n) is 3.44. The van der Waals surface area contributed by atoms with Crippen LogP contribution in [-0.4, -0.2) is 24.3 Å². The van der Waals surface area contributed by atoms with E-state index in [2.05, 4.69) is 15.9 Å². The average molecular weight is 313 g/mol. The number of carbonyl (C=O) groups is 1. The number of rotatable bonds is 2. The van der Waals surface area contributed by atoms with Crippen LogP contribution in [0.25, 0.3) is 0 Å². The molecule has 0 unspecified atom stereocenters. The number of halogens is 1. The van der Waals surface area contributed by atoms with Crippen LogP contribution in [0.15, 0.2) is 16.6 Å². The second-order valence-corrected chi connectivity index (χ2v) is 5.91. The van der Waals surface area contributed by atoms with Gasteiger partial charge in [-0.15, -0.1) is 0 Å². The number of carboxylic acid groups (broad SMARTS) is 1. The highest BCUT2D eigenvalue weighted by atomic mass is 79.9. The lowest BCUT2D eigenvalue weighted by molar-refractivity contribution is -0.136. The van der Waals surface area contributed by atoms with Gasteiger partial charge in [-0.25, -0.2) is 0 Å². The molecule has 5 heteroatoms. The van der Waals surface area contributed by atoms with Gasteiger partial charge in [0.05, 0.1) is 24.1 Å². The van der Waals surface area contributed by atoms with Crippen molar-refractivity contribution in [1.82, 2.24) is 0 Å². The predicted molar refractivity (Wildman–Crippen MR) is 68.1 cm³/mol. The van der Waals surface area contributed by atoms with E-state index in [4.69, 9.17) is 14.6 Å². The van der Waals surface area contributed by atoms with Crippen molar-refractivity contribution in [2.24, 2.45) is 5.41 Å². The Labute approximate surface area is 113 Å². The molecule has 1 heterocycles. The van der Waals surface area contributed by atoms with E-state index in [0.29, 0.717) is 30.3 Å². The summed E-state index contributed by atoms with van der Waals surface area (Å²) in [6.45, 7) is 1.33. The Morgan fingerprint density at radius 3 is 2.72 bits per heavy atom. The van der Waals surface area contributed by atoms with Crippen LogP contribution >= 0.6 is 15.9 Å². The van der Waals surface area contributed by atoms with Crippen LogP contribution in [0.5, 0.6) is 11.5 Å². The van der Waals surface area contributed by atoms with Crippen LogP contribution < -0.4 is 9.47 Å². The van der Waals surface area contributed by atoms with E-state index in [0.717, 1.165) is 17.3 Å². The smallest absolute Gasteiger partial charge is 0.307 e. The van der Waals surface area contributed by atoms with E-state index in [1.807, 2.05) is 0 Å². The minimum atomic E-state index is -0.852. The molecule has 1 aliphatic heterocycles. The summed E-state index contributed by atoms with van der Waals surface area (Å²) in [5, 5.41) is 8.82. The summed E-state index contributed by atoms with van der Waals surface area (Å²) in [5.74, 6) is 0.479. The number of aliphatic carboxylic acids is 1. The lowest BCUT2D eigenvalue weighted by Gasteiger charge is -2.10. The van der Waals surface area contributed by atoms with Crippen molar-refractivity contribution in [2.75, 3.05) is 13.2 Å². The van der Waals surface area contributed by atoms with Crippen LogP contribution in [0.3, 0.4) is 0 Å². The first-order chi connectivity index (χ1) is 8.58. The third-order valence-corrected chi connectivity index (χ3v) is 4.03. The zero-order valence-electron chi connectivity index (χ0n) is 9.74. The summed E-state index contributed by atoms with van der Waals surface area (Å²) in [6, 6.07) is 3.54. The molecule has 18 heavy (non-hydrogen) atoms. The van der Waals surface area contributed by atoms with Crippen LogP contribution in [0, 0.1) is 5.41 Å². The highest BCUT2D eigenvalue weighted by Gasteiger charge is 2.46. The molecule has 4 nitrogen and oxygen atoms in total. The second kappa shape index (κ2) is 4.16. The van der Waals surface area contributed by atoms with E-state index < -0.39 is 5.97 Å². The number of hydrogen-bond donors (Lipinski definition) is 1. The number of hydrogen-bond acceptors (Lipinski definition) is 3. The minimum absolute atomic E-state index is 0.0135. The van der Waals surface area contributed by atoms with Gasteiger partial charge in [0.1, 0.15) is 0 Å². The highest BCUT2D eigenvalue weighted by molar-refractivity contribution is 9.10. The van der Waals surface area contributed by atoms with Gasteiger partial charge in [0.15, 0.2) is 11.5 Å². The van der Waals surface area contributed by atoms with Gasteiger partial charge in [-0.3, -0.25) is 4.79 Å². The predicted octanol–water partition coefficient (Wildman–Crippen LogP) is 2.63. The Kier molecular flexibility index (Phi) is 2.73. The summed E-state index contributed by atoms with van der Waals surface area (Å²) in [6.07, 6.45) is 2.27. The van der Waals surface area contributed by atoms with Crippen molar-refractivity contribution in [3.63, 3.8) is 0 Å². The molecule has 3 rings (SSSR count). The van der Waals surface area contributed by atoms with Crippen LogP contribution in [0.1, 0.15) is 18.4 Å². The molecule has 1 saturated carbocycles. The van der Waals surface area contributed by atoms with E-state index in [9.17, 15) is 4.79 Å². The molecule has 0 radical (unpaired) electrons. The maximum atomic E-state index is 10.7. The topological polar surface area (TPSA) is 55.8 Å². The molecule has 2 aliphatic rings. The number of ether oxygens (including phenoxy) is 2. The van der Waals surface area contributed by atoms with Crippen molar-refractivity contribution in [2.45, 2.75) is 19.3 Å². The van der Waals surface area contributed by atoms with Gasteiger partial charge in [-0.1, -0.05) is 0 Å². The van der Waals surface area contributed by atoms with Gasteiger partial charge in [-0.05, 0) is 46.5 Å². The largest absolute Gasteiger partial charge is 0.489 e. The second-order valence-electron chi connectivity index (χ2n) is 5.05. The summed E-state index contributed by atoms with van der Waals surface area (Å²) >= 11 is 3.42. The maximum absolute atomic E-state index is 10.7. The van der Waals surface area contributed by atoms with Gasteiger partial charge < -0.3 is 14.6 Å². The normalized spacial score (nSPS) is 19.4. The van der Waals surface area contributed by atoms with Gasteiger partial charge in [0.25, 0.3) is 0 Å². The van der Waals surface area contributed by atoms with E-state index in [1.54, 1.807) is 12.1 Å². The van der Waals surface area contributed by atoms with Crippen LogP contribution in [0.2, 0.25) is 0 Å². The number of benzene rings is 1. The molecule has 0 atom stereocenters. The molecular weight excluding hydrogens is 300 g/mol. The molecular formula is C13H13BrO4. The quantitative estimate of drug-likeness (QED) is 0.912. The van der Waals surface area contributed by atoms with Gasteiger partial charge >= 0.3 is 5.97 Å². The Hall–Kier alpha value is -1.23. The Morgan fingerprint density at radius 1 is 1.33 bits per heavy atom. The molecule has 1 fully saturated rings. The molecule has 0 bridgehead atoms. The summed E-state index contributed by atoms with van der Waals surface area (Å²) in [4.78, 5) is 10.7. The molecule has 96 valence electrons. The Bertz CT molecular complexity index is 508. The summed E-state index contributed by atoms with van der Waals surface area (Å²) < 4.78 is 12.3. The molecule has 1 aromatic rings. The summed E-state index contributed by atoms with van der Waals surface area (Å²) in [7, 11) is 0. The zero-order chi connectivity index (χ0) is 12.8. The fourth-order valence-corrected chi connectivity index (χ4v) is 2.71. The number of carboxylic acids is 1. The lowest BCUT2D eigenvalue weighted by Crippen LogP contribution is -2.17. The molecule has 1 aliphatic carbocycles. The van der Waals surface area contributed by atoms with Crippen molar-refractivity contribution in [3.05, 3.63) is 22.2 Å². The van der Waals surface area contributed by atoms with Crippen LogP contribution in [-0.2, 0) is 11.2 Å². The maximum Gasteiger partial charge on any atom is 0.307 e. The van der Waals surface area contributed by atoms with Crippen molar-refractivity contribution in [1.29, 1.82) is 0 Å². The Morgan fingerprint density at radius 2 is 2.06 bits per heavy atom. The average Bonchev–Trinajstić information content (AvgIpc) is 3.07. The van der Waals surface area contributed by atoms with E-state index in [1.165, 1.54) is 0 Å². The molecule has 1 spiro atoms. The standard InChI is InChI=1S/C13H13BrO4/c14-9-3-8(5-11(15)16)4-10-12(9)18-7-13(1-2-13)6-17-10/h3-4H,1-2,5-7H2,(H,15,16). The fourth-order valence-electron chi connectivity index (χ4n) is 2.11. The van der Waals surface area contributed by atoms with Crippen LogP contribution in [0.4, 0.5) is 0 Å². The first-order valence-electron chi connectivity index (χ1n) is 5.88. The first kappa shape index (κ1) is 11.8. The van der Waals surface area contributed by atoms with E-state index >= 15 is 0 Å². The van der Waals surface area contributed by atoms with Crippen molar-refractivity contribution in [3.8, 4) is 11.5 Å². The summed E-state index contributed by atoms with van der Waals surface area (Å²) in [5.41, 5.74) is 0.897. The molecule has 0 aromatic heterocycles. The fraction of sp³-hybridized carbons (Fsp3) is 0.462. The highest BCUT2D eigenvalue weighted by Crippen LogP contribution is 2.50. The first-order valence-corrected chi connectivity index (χ1v) is 6.67. The molecule has 1 N–H and O–H groups in total. The Balaban J connectivity index is 1.91. The monoisotopic (exact) mass is 312 g/mol. The lowest BCUT2D eigenvalue weighted by atomic mass is 10.1.